The van der Waals surface area contributed by atoms with Gasteiger partial charge in [-0.2, -0.15) is 0 Å². The molecule has 1 unspecified atom stereocenters. The Morgan fingerprint density at radius 3 is 2.29 bits per heavy atom. The van der Waals surface area contributed by atoms with Crippen molar-refractivity contribution in [2.24, 2.45) is 0 Å². The molecule has 0 saturated carbocycles. The number of hydrogen-bond acceptors (Lipinski definition) is 3. The van der Waals surface area contributed by atoms with Crippen LogP contribution in [0.25, 0.3) is 0 Å². The molecule has 2 rings (SSSR count). The minimum atomic E-state index is -0.627. The summed E-state index contributed by atoms with van der Waals surface area (Å²) in [5, 5.41) is 3.78. The van der Waals surface area contributed by atoms with Crippen molar-refractivity contribution in [3.63, 3.8) is 0 Å². The topological polar surface area (TPSA) is 58.6 Å². The van der Waals surface area contributed by atoms with Crippen LogP contribution in [0.1, 0.15) is 45.2 Å². The van der Waals surface area contributed by atoms with Gasteiger partial charge in [0.1, 0.15) is 11.8 Å². The fourth-order valence-corrected chi connectivity index (χ4v) is 3.54. The Bertz CT molecular complexity index is 908. The molecular formula is C24H30Cl2N2O3. The highest BCUT2D eigenvalue weighted by Gasteiger charge is 2.31. The Labute approximate surface area is 194 Å². The number of carbonyl (C=O) groups excluding carboxylic acids is 2. The summed E-state index contributed by atoms with van der Waals surface area (Å²) in [6, 6.07) is 12.1. The number of nitrogens with one attached hydrogen (secondary N) is 1. The third-order valence-corrected chi connectivity index (χ3v) is 5.13. The van der Waals surface area contributed by atoms with Crippen LogP contribution in [0.5, 0.6) is 5.75 Å². The van der Waals surface area contributed by atoms with E-state index in [4.69, 9.17) is 27.9 Å². The summed E-state index contributed by atoms with van der Waals surface area (Å²) in [4.78, 5) is 27.7. The molecule has 1 N–H and O–H groups in total. The molecule has 0 aliphatic rings. The molecule has 0 aliphatic heterocycles. The number of carbonyl (C=O) groups is 2. The van der Waals surface area contributed by atoms with Crippen LogP contribution in [0.2, 0.25) is 10.0 Å². The van der Waals surface area contributed by atoms with E-state index < -0.39 is 11.6 Å². The standard InChI is InChI=1S/C24H30Cl2N2O3/c1-6-20(23(30)27-24(3,4)5)28(14-17-9-7-16(2)8-10-17)22(29)15-31-21-12-11-18(25)13-19(21)26/h7-13,20H,6,14-15H2,1-5H3,(H,27,30). The van der Waals surface area contributed by atoms with Crippen molar-refractivity contribution in [3.8, 4) is 5.75 Å². The Balaban J connectivity index is 2.24. The van der Waals surface area contributed by atoms with Gasteiger partial charge in [0.05, 0.1) is 5.02 Å². The van der Waals surface area contributed by atoms with Gasteiger partial charge < -0.3 is 15.0 Å². The summed E-state index contributed by atoms with van der Waals surface area (Å²) >= 11 is 12.1. The highest BCUT2D eigenvalue weighted by Crippen LogP contribution is 2.27. The van der Waals surface area contributed by atoms with E-state index in [2.05, 4.69) is 5.32 Å². The predicted octanol–water partition coefficient (Wildman–Crippen LogP) is 5.40. The van der Waals surface area contributed by atoms with E-state index >= 15 is 0 Å². The van der Waals surface area contributed by atoms with Crippen molar-refractivity contribution in [1.82, 2.24) is 10.2 Å². The first-order chi connectivity index (χ1) is 14.5. The average molecular weight is 465 g/mol. The van der Waals surface area contributed by atoms with Crippen LogP contribution in [-0.4, -0.2) is 34.9 Å². The molecule has 0 radical (unpaired) electrons. The largest absolute Gasteiger partial charge is 0.482 e. The van der Waals surface area contributed by atoms with Crippen LogP contribution >= 0.6 is 23.2 Å². The summed E-state index contributed by atoms with van der Waals surface area (Å²) in [5.41, 5.74) is 1.65. The molecule has 0 aliphatic carbocycles. The SMILES string of the molecule is CCC(C(=O)NC(C)(C)C)N(Cc1ccc(C)cc1)C(=O)COc1ccc(Cl)cc1Cl. The van der Waals surface area contributed by atoms with Gasteiger partial charge in [0.25, 0.3) is 5.91 Å². The quantitative estimate of drug-likeness (QED) is 0.568. The zero-order chi connectivity index (χ0) is 23.2. The van der Waals surface area contributed by atoms with Gasteiger partial charge in [0, 0.05) is 17.1 Å². The Kier molecular flexibility index (Phi) is 8.78. The molecule has 31 heavy (non-hydrogen) atoms. The predicted molar refractivity (Wildman–Crippen MR) is 126 cm³/mol. The molecule has 0 saturated heterocycles. The molecule has 0 heterocycles. The molecule has 5 nitrogen and oxygen atoms in total. The van der Waals surface area contributed by atoms with Gasteiger partial charge in [0.2, 0.25) is 5.91 Å². The van der Waals surface area contributed by atoms with Gasteiger partial charge in [-0.3, -0.25) is 9.59 Å². The van der Waals surface area contributed by atoms with E-state index in [9.17, 15) is 9.59 Å². The van der Waals surface area contributed by atoms with Crippen LogP contribution in [0, 0.1) is 6.92 Å². The molecule has 0 bridgehead atoms. The molecule has 0 aromatic heterocycles. The molecule has 168 valence electrons. The van der Waals surface area contributed by atoms with E-state index in [0.717, 1.165) is 11.1 Å². The Morgan fingerprint density at radius 2 is 1.74 bits per heavy atom. The second-order valence-electron chi connectivity index (χ2n) is 8.53. The fourth-order valence-electron chi connectivity index (χ4n) is 3.08. The lowest BCUT2D eigenvalue weighted by Crippen LogP contribution is -2.54. The Morgan fingerprint density at radius 1 is 1.10 bits per heavy atom. The van der Waals surface area contributed by atoms with Crippen molar-refractivity contribution >= 4 is 35.0 Å². The van der Waals surface area contributed by atoms with E-state index in [-0.39, 0.29) is 18.4 Å². The van der Waals surface area contributed by atoms with E-state index in [1.165, 1.54) is 0 Å². The zero-order valence-corrected chi connectivity index (χ0v) is 20.2. The van der Waals surface area contributed by atoms with E-state index in [1.54, 1.807) is 23.1 Å². The van der Waals surface area contributed by atoms with E-state index in [1.807, 2.05) is 58.9 Å². The molecule has 2 aromatic carbocycles. The number of hydrogen-bond donors (Lipinski definition) is 1. The third kappa shape index (κ3) is 7.75. The lowest BCUT2D eigenvalue weighted by molar-refractivity contribution is -0.143. The summed E-state index contributed by atoms with van der Waals surface area (Å²) in [5.74, 6) is -0.135. The Hall–Kier alpha value is -2.24. The molecule has 0 fully saturated rings. The molecule has 7 heteroatoms. The van der Waals surface area contributed by atoms with Gasteiger partial charge in [-0.05, 0) is 57.9 Å². The van der Waals surface area contributed by atoms with Crippen molar-refractivity contribution in [3.05, 3.63) is 63.6 Å². The molecule has 2 aromatic rings. The summed E-state index contributed by atoms with van der Waals surface area (Å²) in [6.07, 6.45) is 0.473. The summed E-state index contributed by atoms with van der Waals surface area (Å²) in [7, 11) is 0. The maximum absolute atomic E-state index is 13.2. The lowest BCUT2D eigenvalue weighted by Gasteiger charge is -2.33. The minimum Gasteiger partial charge on any atom is -0.482 e. The normalized spacial score (nSPS) is 12.2. The van der Waals surface area contributed by atoms with Crippen LogP contribution < -0.4 is 10.1 Å². The van der Waals surface area contributed by atoms with Gasteiger partial charge in [0.15, 0.2) is 6.61 Å². The first kappa shape index (κ1) is 25.0. The molecule has 2 amide bonds. The number of nitrogens with zero attached hydrogens (tertiary/aromatic N) is 1. The number of aryl methyl sites for hydroxylation is 1. The molecular weight excluding hydrogens is 435 g/mol. The van der Waals surface area contributed by atoms with Crippen LogP contribution in [0.3, 0.4) is 0 Å². The number of halogens is 2. The van der Waals surface area contributed by atoms with Gasteiger partial charge in [-0.15, -0.1) is 0 Å². The van der Waals surface area contributed by atoms with Crippen LogP contribution in [0.4, 0.5) is 0 Å². The zero-order valence-electron chi connectivity index (χ0n) is 18.7. The lowest BCUT2D eigenvalue weighted by atomic mass is 10.1. The number of benzene rings is 2. The number of ether oxygens (including phenoxy) is 1. The van der Waals surface area contributed by atoms with Gasteiger partial charge >= 0.3 is 0 Å². The van der Waals surface area contributed by atoms with Crippen molar-refractivity contribution in [1.29, 1.82) is 0 Å². The second-order valence-corrected chi connectivity index (χ2v) is 9.38. The van der Waals surface area contributed by atoms with Crippen molar-refractivity contribution in [2.75, 3.05) is 6.61 Å². The van der Waals surface area contributed by atoms with Crippen molar-refractivity contribution in [2.45, 2.75) is 59.2 Å². The highest BCUT2D eigenvalue weighted by molar-refractivity contribution is 6.35. The maximum Gasteiger partial charge on any atom is 0.261 e. The maximum atomic E-state index is 13.2. The van der Waals surface area contributed by atoms with E-state index in [0.29, 0.717) is 28.8 Å². The highest BCUT2D eigenvalue weighted by atomic mass is 35.5. The number of rotatable bonds is 8. The molecule has 1 atom stereocenters. The minimum absolute atomic E-state index is 0.194. The van der Waals surface area contributed by atoms with Crippen LogP contribution in [0.15, 0.2) is 42.5 Å². The van der Waals surface area contributed by atoms with Gasteiger partial charge in [-0.1, -0.05) is 60.0 Å². The fraction of sp³-hybridized carbons (Fsp3) is 0.417. The monoisotopic (exact) mass is 464 g/mol. The molecule has 0 spiro atoms. The van der Waals surface area contributed by atoms with Crippen molar-refractivity contribution < 1.29 is 14.3 Å². The average Bonchev–Trinajstić information content (AvgIpc) is 2.67. The summed E-state index contributed by atoms with van der Waals surface area (Å²) in [6.45, 7) is 9.68. The van der Waals surface area contributed by atoms with Crippen LogP contribution in [-0.2, 0) is 16.1 Å². The summed E-state index contributed by atoms with van der Waals surface area (Å²) < 4.78 is 5.65. The first-order valence-corrected chi connectivity index (χ1v) is 11.0. The van der Waals surface area contributed by atoms with Gasteiger partial charge in [-0.25, -0.2) is 0 Å². The number of amides is 2. The first-order valence-electron chi connectivity index (χ1n) is 10.2. The smallest absolute Gasteiger partial charge is 0.261 e. The second kappa shape index (κ2) is 10.9. The third-order valence-electron chi connectivity index (χ3n) is 4.60.